The molecular weight excluding hydrogens is 535 g/mol. The molecule has 0 radical (unpaired) electrons. The number of hydrogen-bond donors (Lipinski definition) is 2. The van der Waals surface area contributed by atoms with E-state index >= 15 is 0 Å². The number of ether oxygens (including phenoxy) is 3. The molecule has 13 heteroatoms. The Kier molecular flexibility index (Phi) is 6.40. The van der Waals surface area contributed by atoms with Gasteiger partial charge in [0.15, 0.2) is 17.8 Å². The predicted molar refractivity (Wildman–Crippen MR) is 118 cm³/mol. The molecule has 3 aromatic rings. The van der Waals surface area contributed by atoms with Gasteiger partial charge in [-0.25, -0.2) is 14.6 Å². The molecule has 2 aromatic heterocycles. The lowest BCUT2D eigenvalue weighted by molar-refractivity contribution is -0.309. The Morgan fingerprint density at radius 1 is 1.20 bits per heavy atom. The number of fused-ring (bicyclic) bond motifs is 1. The number of aliphatic hydroxyl groups excluding tert-OH is 1. The van der Waals surface area contributed by atoms with E-state index in [0.29, 0.717) is 4.47 Å². The van der Waals surface area contributed by atoms with Crippen LogP contribution < -0.4 is 5.73 Å². The third kappa shape index (κ3) is 4.59. The topological polar surface area (TPSA) is 118 Å². The minimum atomic E-state index is -4.75. The molecule has 2 saturated heterocycles. The fraction of sp³-hybridized carbons (Fsp3) is 0.409. The Balaban J connectivity index is 1.47. The summed E-state index contributed by atoms with van der Waals surface area (Å²) in [6.45, 7) is 1.62. The van der Waals surface area contributed by atoms with Gasteiger partial charge in [0.1, 0.15) is 30.2 Å². The summed E-state index contributed by atoms with van der Waals surface area (Å²) in [6.07, 6.45) is -8.33. The van der Waals surface area contributed by atoms with Crippen LogP contribution in [0.15, 0.2) is 47.1 Å². The van der Waals surface area contributed by atoms with Crippen LogP contribution in [0.2, 0.25) is 0 Å². The molecule has 0 saturated carbocycles. The Morgan fingerprint density at radius 3 is 2.66 bits per heavy atom. The van der Waals surface area contributed by atoms with Crippen molar-refractivity contribution in [2.75, 3.05) is 6.61 Å². The Bertz CT molecular complexity index is 1210. The smallest absolute Gasteiger partial charge is 0.388 e. The number of rotatable bonds is 3. The zero-order valence-corrected chi connectivity index (χ0v) is 19.8. The van der Waals surface area contributed by atoms with Crippen LogP contribution in [-0.2, 0) is 20.4 Å². The van der Waals surface area contributed by atoms with Crippen molar-refractivity contribution in [1.29, 1.82) is 0 Å². The molecule has 2 aliphatic rings. The Hall–Kier alpha value is -2.42. The van der Waals surface area contributed by atoms with E-state index in [1.165, 1.54) is 13.0 Å². The van der Waals surface area contributed by atoms with Gasteiger partial charge in [0.05, 0.1) is 18.3 Å². The van der Waals surface area contributed by atoms with E-state index in [-0.39, 0.29) is 23.9 Å². The van der Waals surface area contributed by atoms with Crippen molar-refractivity contribution >= 4 is 15.9 Å². The number of benzene rings is 1. The van der Waals surface area contributed by atoms with Crippen molar-refractivity contribution in [3.8, 4) is 5.69 Å². The molecule has 3 N–H and O–H groups in total. The molecule has 2 fully saturated rings. The zero-order chi connectivity index (χ0) is 24.9. The summed E-state index contributed by atoms with van der Waals surface area (Å²) in [4.78, 5) is 7.80. The van der Waals surface area contributed by atoms with Crippen LogP contribution in [0.1, 0.15) is 35.3 Å². The molecule has 35 heavy (non-hydrogen) atoms. The summed E-state index contributed by atoms with van der Waals surface area (Å²) in [6, 6.07) is 9.53. The molecule has 4 unspecified atom stereocenters. The van der Waals surface area contributed by atoms with E-state index < -0.39 is 48.6 Å². The summed E-state index contributed by atoms with van der Waals surface area (Å²) in [7, 11) is 0. The minimum absolute atomic E-state index is 0.0421. The first-order valence-corrected chi connectivity index (χ1v) is 11.5. The maximum Gasteiger partial charge on any atom is 0.435 e. The molecule has 0 spiro atoms. The van der Waals surface area contributed by atoms with Crippen LogP contribution in [0, 0.1) is 6.92 Å². The van der Waals surface area contributed by atoms with E-state index in [9.17, 15) is 18.3 Å². The van der Waals surface area contributed by atoms with E-state index in [1.54, 1.807) is 0 Å². The first-order chi connectivity index (χ1) is 16.6. The van der Waals surface area contributed by atoms with E-state index in [4.69, 9.17) is 19.9 Å². The summed E-state index contributed by atoms with van der Waals surface area (Å²) in [5, 5.41) is 15.2. The summed E-state index contributed by atoms with van der Waals surface area (Å²) in [5.74, 6) is 0.138. The van der Waals surface area contributed by atoms with Gasteiger partial charge in [-0.3, -0.25) is 0 Å². The molecule has 1 aromatic carbocycles. The molecule has 6 atom stereocenters. The van der Waals surface area contributed by atoms with Gasteiger partial charge in [0.25, 0.3) is 0 Å². The van der Waals surface area contributed by atoms with Crippen molar-refractivity contribution in [3.05, 3.63) is 70.0 Å². The average molecular weight is 556 g/mol. The number of hydrogen-bond acceptors (Lipinski definition) is 8. The highest BCUT2D eigenvalue weighted by molar-refractivity contribution is 9.10. The summed E-state index contributed by atoms with van der Waals surface area (Å²) < 4.78 is 60.3. The lowest BCUT2D eigenvalue weighted by atomic mass is 9.92. The molecule has 186 valence electrons. The summed E-state index contributed by atoms with van der Waals surface area (Å²) in [5.41, 5.74) is 5.61. The van der Waals surface area contributed by atoms with Crippen molar-refractivity contribution in [1.82, 2.24) is 19.7 Å². The van der Waals surface area contributed by atoms with Crippen molar-refractivity contribution in [2.45, 2.75) is 49.8 Å². The number of nitrogens with zero attached hydrogens (tertiary/aromatic N) is 4. The zero-order valence-electron chi connectivity index (χ0n) is 18.3. The van der Waals surface area contributed by atoms with Crippen LogP contribution in [-0.4, -0.2) is 55.8 Å². The van der Waals surface area contributed by atoms with Gasteiger partial charge in [-0.1, -0.05) is 30.3 Å². The average Bonchev–Trinajstić information content (AvgIpc) is 3.22. The second-order valence-electron chi connectivity index (χ2n) is 8.29. The molecule has 0 amide bonds. The molecule has 0 aliphatic carbocycles. The maximum atomic E-state index is 13.7. The molecule has 2 aliphatic heterocycles. The molecular formula is C22H21BrF3N5O4. The highest BCUT2D eigenvalue weighted by atomic mass is 79.9. The largest absolute Gasteiger partial charge is 0.435 e. The van der Waals surface area contributed by atoms with Crippen LogP contribution in [0.5, 0.6) is 0 Å². The van der Waals surface area contributed by atoms with Crippen molar-refractivity contribution in [3.63, 3.8) is 0 Å². The fourth-order valence-corrected chi connectivity index (χ4v) is 4.59. The van der Waals surface area contributed by atoms with Gasteiger partial charge >= 0.3 is 6.18 Å². The van der Waals surface area contributed by atoms with Gasteiger partial charge in [-0.2, -0.15) is 18.3 Å². The molecule has 4 heterocycles. The van der Waals surface area contributed by atoms with Gasteiger partial charge < -0.3 is 25.1 Å². The second-order valence-corrected chi connectivity index (χ2v) is 9.20. The minimum Gasteiger partial charge on any atom is -0.388 e. The van der Waals surface area contributed by atoms with E-state index in [1.807, 2.05) is 30.3 Å². The quantitative estimate of drug-likeness (QED) is 0.506. The number of nitrogens with two attached hydrogens (primary N) is 1. The summed E-state index contributed by atoms with van der Waals surface area (Å²) >= 11 is 3.15. The van der Waals surface area contributed by atoms with Crippen LogP contribution in [0.3, 0.4) is 0 Å². The predicted octanol–water partition coefficient (Wildman–Crippen LogP) is 2.99. The SMILES string of the molecule is Cc1nc([C@@H]2OC3COC(c4ccccc4)O[C@@H]3C(N)C2O)n(-c2cc(Br)cnc2C(F)(F)F)n1. The Morgan fingerprint density at radius 2 is 1.94 bits per heavy atom. The second kappa shape index (κ2) is 9.22. The standard InChI is InChI=1S/C22H21BrF3N5O4/c1-10-29-20(31(30-10)13-7-12(23)8-28-19(13)22(24,25)26)18-16(32)15(27)17-14(34-18)9-33-21(35-17)11-5-3-2-4-6-11/h2-8,14-18,21,32H,9,27H2,1H3/t14?,15?,16?,17-,18+,21?/m0/s1. The number of aliphatic hydroxyl groups is 1. The lowest BCUT2D eigenvalue weighted by Gasteiger charge is -2.46. The monoisotopic (exact) mass is 555 g/mol. The maximum absolute atomic E-state index is 13.7. The highest BCUT2D eigenvalue weighted by Crippen LogP contribution is 2.40. The van der Waals surface area contributed by atoms with E-state index in [0.717, 1.165) is 16.4 Å². The lowest BCUT2D eigenvalue weighted by Crippen LogP contribution is -2.62. The molecule has 9 nitrogen and oxygen atoms in total. The Labute approximate surface area is 206 Å². The van der Waals surface area contributed by atoms with Gasteiger partial charge in [0, 0.05) is 16.2 Å². The number of halogens is 4. The van der Waals surface area contributed by atoms with Gasteiger partial charge in [-0.15, -0.1) is 0 Å². The van der Waals surface area contributed by atoms with Crippen molar-refractivity contribution in [2.24, 2.45) is 5.73 Å². The van der Waals surface area contributed by atoms with Gasteiger partial charge in [-0.05, 0) is 28.9 Å². The number of aryl methyl sites for hydroxylation is 1. The first-order valence-electron chi connectivity index (χ1n) is 10.7. The van der Waals surface area contributed by atoms with Gasteiger partial charge in [0.2, 0.25) is 0 Å². The number of alkyl halides is 3. The third-order valence-corrected chi connectivity index (χ3v) is 6.29. The van der Waals surface area contributed by atoms with E-state index in [2.05, 4.69) is 31.0 Å². The number of aromatic nitrogens is 4. The van der Waals surface area contributed by atoms with Crippen molar-refractivity contribution < 1.29 is 32.5 Å². The molecule has 0 bridgehead atoms. The van der Waals surface area contributed by atoms with Crippen LogP contribution in [0.4, 0.5) is 13.2 Å². The first kappa shape index (κ1) is 24.3. The number of pyridine rings is 1. The fourth-order valence-electron chi connectivity index (χ4n) is 4.27. The normalized spacial score (nSPS) is 29.1. The molecule has 5 rings (SSSR count). The highest BCUT2D eigenvalue weighted by Gasteiger charge is 2.50. The van der Waals surface area contributed by atoms with Crippen LogP contribution >= 0.6 is 15.9 Å². The van der Waals surface area contributed by atoms with Crippen LogP contribution in [0.25, 0.3) is 5.69 Å². The third-order valence-electron chi connectivity index (χ3n) is 5.86.